The topological polar surface area (TPSA) is 157 Å². The van der Waals surface area contributed by atoms with E-state index in [2.05, 4.69) is 0 Å². The Morgan fingerprint density at radius 1 is 1.00 bits per heavy atom. The standard InChI is InChI=1S/C21H22O9/c22-10-17-18(26)19(27)20(28)21(30-17)29-13-6-7-14(16(25)9-13)15(24)8-3-11-1-4-12(23)5-2-11/h1-9,17-23,25-28H,10H2/t17-,18-,19-,20+,21-/m1/s1. The van der Waals surface area contributed by atoms with Crippen LogP contribution in [0.2, 0.25) is 0 Å². The lowest BCUT2D eigenvalue weighted by Crippen LogP contribution is -2.60. The summed E-state index contributed by atoms with van der Waals surface area (Å²) in [7, 11) is 0. The highest BCUT2D eigenvalue weighted by molar-refractivity contribution is 6.08. The predicted molar refractivity (Wildman–Crippen MR) is 104 cm³/mol. The predicted octanol–water partition coefficient (Wildman–Crippen LogP) is 0.173. The molecule has 0 radical (unpaired) electrons. The van der Waals surface area contributed by atoms with Gasteiger partial charge in [0.15, 0.2) is 5.78 Å². The summed E-state index contributed by atoms with van der Waals surface area (Å²) in [6.07, 6.45) is -4.46. The molecule has 1 heterocycles. The fraction of sp³-hybridized carbons (Fsp3) is 0.286. The third-order valence-corrected chi connectivity index (χ3v) is 4.66. The number of aliphatic hydroxyl groups is 4. The molecule has 160 valence electrons. The lowest BCUT2D eigenvalue weighted by atomic mass is 9.99. The maximum Gasteiger partial charge on any atom is 0.229 e. The summed E-state index contributed by atoms with van der Waals surface area (Å²) >= 11 is 0. The Morgan fingerprint density at radius 2 is 1.70 bits per heavy atom. The molecule has 1 aliphatic rings. The van der Waals surface area contributed by atoms with Crippen LogP contribution in [0.4, 0.5) is 0 Å². The molecule has 1 fully saturated rings. The number of ether oxygens (including phenoxy) is 2. The summed E-state index contributed by atoms with van der Waals surface area (Å²) in [6.45, 7) is -0.600. The first-order valence-electron chi connectivity index (χ1n) is 9.12. The average Bonchev–Trinajstić information content (AvgIpc) is 2.73. The second-order valence-corrected chi connectivity index (χ2v) is 6.78. The molecule has 9 heteroatoms. The lowest BCUT2D eigenvalue weighted by Gasteiger charge is -2.39. The Bertz CT molecular complexity index is 907. The zero-order chi connectivity index (χ0) is 21.8. The van der Waals surface area contributed by atoms with Gasteiger partial charge in [0.1, 0.15) is 41.7 Å². The molecule has 0 aliphatic carbocycles. The van der Waals surface area contributed by atoms with Crippen molar-refractivity contribution < 1.29 is 44.9 Å². The summed E-state index contributed by atoms with van der Waals surface area (Å²) in [6, 6.07) is 10.0. The van der Waals surface area contributed by atoms with Gasteiger partial charge in [-0.2, -0.15) is 0 Å². The summed E-state index contributed by atoms with van der Waals surface area (Å²) < 4.78 is 10.6. The van der Waals surface area contributed by atoms with E-state index in [9.17, 15) is 35.4 Å². The lowest BCUT2D eigenvalue weighted by molar-refractivity contribution is -0.277. The monoisotopic (exact) mass is 418 g/mol. The van der Waals surface area contributed by atoms with Gasteiger partial charge in [0, 0.05) is 6.07 Å². The van der Waals surface area contributed by atoms with Gasteiger partial charge >= 0.3 is 0 Å². The minimum atomic E-state index is -1.60. The van der Waals surface area contributed by atoms with Crippen molar-refractivity contribution in [2.24, 2.45) is 0 Å². The molecule has 1 saturated heterocycles. The van der Waals surface area contributed by atoms with Crippen LogP contribution in [0.5, 0.6) is 17.2 Å². The molecule has 3 rings (SSSR count). The molecular weight excluding hydrogens is 396 g/mol. The summed E-state index contributed by atoms with van der Waals surface area (Å²) in [5.74, 6) is -0.709. The molecule has 6 N–H and O–H groups in total. The van der Waals surface area contributed by atoms with Crippen LogP contribution in [0, 0.1) is 0 Å². The van der Waals surface area contributed by atoms with E-state index in [-0.39, 0.29) is 22.8 Å². The number of benzene rings is 2. The SMILES string of the molecule is O=C(C=Cc1ccc(O)cc1)c1ccc(O[C@@H]2O[C@H](CO)[C@@H](O)[C@@H](O)[C@@H]2O)cc1O. The van der Waals surface area contributed by atoms with Gasteiger partial charge in [-0.15, -0.1) is 0 Å². The highest BCUT2D eigenvalue weighted by Crippen LogP contribution is 2.28. The normalized spacial score (nSPS) is 26.6. The molecule has 0 amide bonds. The van der Waals surface area contributed by atoms with E-state index in [0.717, 1.165) is 6.07 Å². The number of aromatic hydroxyl groups is 2. The molecular formula is C21H22O9. The largest absolute Gasteiger partial charge is 0.508 e. The smallest absolute Gasteiger partial charge is 0.229 e. The van der Waals surface area contributed by atoms with Gasteiger partial charge in [0.2, 0.25) is 6.29 Å². The molecule has 1 aliphatic heterocycles. The van der Waals surface area contributed by atoms with Crippen LogP contribution >= 0.6 is 0 Å². The third kappa shape index (κ3) is 4.78. The Kier molecular flexibility index (Phi) is 6.70. The molecule has 0 aromatic heterocycles. The Hall–Kier alpha value is -2.95. The number of phenols is 2. The second-order valence-electron chi connectivity index (χ2n) is 6.78. The number of carbonyl (C=O) groups is 1. The molecule has 0 bridgehead atoms. The molecule has 30 heavy (non-hydrogen) atoms. The van der Waals surface area contributed by atoms with E-state index >= 15 is 0 Å². The van der Waals surface area contributed by atoms with Gasteiger partial charge < -0.3 is 40.1 Å². The Morgan fingerprint density at radius 3 is 2.33 bits per heavy atom. The fourth-order valence-corrected chi connectivity index (χ4v) is 2.94. The van der Waals surface area contributed by atoms with Gasteiger partial charge in [-0.25, -0.2) is 0 Å². The summed E-state index contributed by atoms with van der Waals surface area (Å²) in [5.41, 5.74) is 0.689. The van der Waals surface area contributed by atoms with E-state index in [1.54, 1.807) is 12.1 Å². The van der Waals surface area contributed by atoms with Gasteiger partial charge in [0.25, 0.3) is 0 Å². The number of phenolic OH excluding ortho intramolecular Hbond substituents is 2. The maximum atomic E-state index is 12.3. The molecule has 0 unspecified atom stereocenters. The van der Waals surface area contributed by atoms with E-state index in [1.807, 2.05) is 0 Å². The molecule has 0 saturated carbocycles. The van der Waals surface area contributed by atoms with Crippen LogP contribution in [0.1, 0.15) is 15.9 Å². The van der Waals surface area contributed by atoms with E-state index in [1.165, 1.54) is 36.4 Å². The molecule has 0 spiro atoms. The highest BCUT2D eigenvalue weighted by atomic mass is 16.7. The van der Waals surface area contributed by atoms with Crippen molar-refractivity contribution in [2.75, 3.05) is 6.61 Å². The zero-order valence-electron chi connectivity index (χ0n) is 15.7. The van der Waals surface area contributed by atoms with Crippen molar-refractivity contribution in [3.63, 3.8) is 0 Å². The van der Waals surface area contributed by atoms with Crippen LogP contribution in [0.25, 0.3) is 6.08 Å². The van der Waals surface area contributed by atoms with E-state index < -0.39 is 43.1 Å². The number of rotatable bonds is 6. The van der Waals surface area contributed by atoms with E-state index in [4.69, 9.17) is 9.47 Å². The minimum absolute atomic E-state index is 0.00572. The molecule has 5 atom stereocenters. The zero-order valence-corrected chi connectivity index (χ0v) is 15.7. The quantitative estimate of drug-likeness (QED) is 0.284. The van der Waals surface area contributed by atoms with Crippen molar-refractivity contribution in [3.8, 4) is 17.2 Å². The van der Waals surface area contributed by atoms with Crippen molar-refractivity contribution in [3.05, 3.63) is 59.7 Å². The van der Waals surface area contributed by atoms with Gasteiger partial charge in [0.05, 0.1) is 12.2 Å². The number of ketones is 1. The Balaban J connectivity index is 1.70. The number of hydrogen-bond acceptors (Lipinski definition) is 9. The number of allylic oxidation sites excluding steroid dienone is 1. The number of hydrogen-bond donors (Lipinski definition) is 6. The van der Waals surface area contributed by atoms with Crippen LogP contribution in [0.3, 0.4) is 0 Å². The molecule has 2 aromatic rings. The van der Waals surface area contributed by atoms with Crippen molar-refractivity contribution in [1.29, 1.82) is 0 Å². The van der Waals surface area contributed by atoms with Crippen molar-refractivity contribution >= 4 is 11.9 Å². The van der Waals surface area contributed by atoms with Crippen LogP contribution in [0.15, 0.2) is 48.5 Å². The van der Waals surface area contributed by atoms with Crippen LogP contribution in [-0.2, 0) is 4.74 Å². The highest BCUT2D eigenvalue weighted by Gasteiger charge is 2.44. The molecule has 2 aromatic carbocycles. The number of aliphatic hydroxyl groups excluding tert-OH is 4. The Labute approximate surface area is 171 Å². The second kappa shape index (κ2) is 9.24. The van der Waals surface area contributed by atoms with Gasteiger partial charge in [-0.3, -0.25) is 4.79 Å². The minimum Gasteiger partial charge on any atom is -0.508 e. The first kappa shape index (κ1) is 21.8. The number of carbonyl (C=O) groups excluding carboxylic acids is 1. The third-order valence-electron chi connectivity index (χ3n) is 4.66. The maximum absolute atomic E-state index is 12.3. The van der Waals surface area contributed by atoms with Crippen molar-refractivity contribution in [2.45, 2.75) is 30.7 Å². The fourth-order valence-electron chi connectivity index (χ4n) is 2.94. The van der Waals surface area contributed by atoms with Crippen LogP contribution < -0.4 is 4.74 Å². The van der Waals surface area contributed by atoms with E-state index in [0.29, 0.717) is 5.56 Å². The summed E-state index contributed by atoms with van der Waals surface area (Å²) in [5, 5.41) is 58.2. The summed E-state index contributed by atoms with van der Waals surface area (Å²) in [4.78, 5) is 12.3. The molecule has 9 nitrogen and oxygen atoms in total. The first-order chi connectivity index (χ1) is 14.3. The van der Waals surface area contributed by atoms with Crippen LogP contribution in [-0.4, -0.2) is 73.7 Å². The first-order valence-corrected chi connectivity index (χ1v) is 9.12. The average molecular weight is 418 g/mol. The van der Waals surface area contributed by atoms with Gasteiger partial charge in [-0.05, 0) is 35.9 Å². The van der Waals surface area contributed by atoms with Gasteiger partial charge in [-0.1, -0.05) is 18.2 Å². The van der Waals surface area contributed by atoms with Crippen molar-refractivity contribution in [1.82, 2.24) is 0 Å².